The van der Waals surface area contributed by atoms with Crippen LogP contribution in [0.1, 0.15) is 23.8 Å². The minimum absolute atomic E-state index is 0.0156. The van der Waals surface area contributed by atoms with Crippen molar-refractivity contribution in [3.05, 3.63) is 24.3 Å². The lowest BCUT2D eigenvalue weighted by molar-refractivity contribution is 0.0916. The highest BCUT2D eigenvalue weighted by Gasteiger charge is 2.17. The molecule has 1 atom stereocenters. The zero-order valence-corrected chi connectivity index (χ0v) is 7.60. The normalized spacial score (nSPS) is 12.5. The maximum absolute atomic E-state index is 11.6. The van der Waals surface area contributed by atoms with Crippen LogP contribution in [-0.2, 0) is 0 Å². The molecule has 0 radical (unpaired) electrons. The topological polar surface area (TPSA) is 68.9 Å². The van der Waals surface area contributed by atoms with Crippen LogP contribution >= 0.6 is 0 Å². The van der Waals surface area contributed by atoms with Gasteiger partial charge >= 0.3 is 0 Å². The van der Waals surface area contributed by atoms with Gasteiger partial charge < -0.3 is 5.73 Å². The van der Waals surface area contributed by atoms with Crippen molar-refractivity contribution < 1.29 is 4.79 Å². The van der Waals surface area contributed by atoms with Gasteiger partial charge in [0.1, 0.15) is 5.69 Å². The summed E-state index contributed by atoms with van der Waals surface area (Å²) in [5, 5.41) is 0. The summed E-state index contributed by atoms with van der Waals surface area (Å²) in [5.74, 6) is -0.144. The van der Waals surface area contributed by atoms with Crippen LogP contribution in [0.5, 0.6) is 0 Å². The van der Waals surface area contributed by atoms with E-state index in [1.807, 2.05) is 6.92 Å². The van der Waals surface area contributed by atoms with E-state index in [4.69, 9.17) is 5.73 Å². The van der Waals surface area contributed by atoms with Crippen LogP contribution in [0.4, 0.5) is 0 Å². The molecule has 0 saturated carbocycles. The SMILES string of the molecule is CCC(CN)C(=O)c1cnccn1. The molecule has 1 rings (SSSR count). The molecule has 70 valence electrons. The van der Waals surface area contributed by atoms with Crippen LogP contribution in [0.3, 0.4) is 0 Å². The van der Waals surface area contributed by atoms with E-state index in [1.54, 1.807) is 6.20 Å². The van der Waals surface area contributed by atoms with Gasteiger partial charge in [-0.1, -0.05) is 6.92 Å². The number of hydrogen-bond acceptors (Lipinski definition) is 4. The number of rotatable bonds is 4. The van der Waals surface area contributed by atoms with Gasteiger partial charge in [-0.3, -0.25) is 9.78 Å². The van der Waals surface area contributed by atoms with Crippen molar-refractivity contribution in [2.24, 2.45) is 11.7 Å². The first-order valence-electron chi connectivity index (χ1n) is 4.29. The highest BCUT2D eigenvalue weighted by molar-refractivity contribution is 5.95. The zero-order valence-electron chi connectivity index (χ0n) is 7.60. The molecule has 1 aromatic rings. The summed E-state index contributed by atoms with van der Waals surface area (Å²) in [4.78, 5) is 19.4. The standard InChI is InChI=1S/C9H13N3O/c1-2-7(5-10)9(13)8-6-11-3-4-12-8/h3-4,6-7H,2,5,10H2,1H3. The Labute approximate surface area is 77.2 Å². The first kappa shape index (κ1) is 9.80. The predicted molar refractivity (Wildman–Crippen MR) is 49.2 cm³/mol. The van der Waals surface area contributed by atoms with Gasteiger partial charge in [0.05, 0.1) is 6.20 Å². The van der Waals surface area contributed by atoms with Crippen LogP contribution < -0.4 is 5.73 Å². The number of hydrogen-bond donors (Lipinski definition) is 1. The Morgan fingerprint density at radius 2 is 2.38 bits per heavy atom. The molecule has 0 aromatic carbocycles. The lowest BCUT2D eigenvalue weighted by Crippen LogP contribution is -2.23. The highest BCUT2D eigenvalue weighted by atomic mass is 16.1. The monoisotopic (exact) mass is 179 g/mol. The van der Waals surface area contributed by atoms with Crippen LogP contribution in [0.2, 0.25) is 0 Å². The van der Waals surface area contributed by atoms with Gasteiger partial charge in [-0.2, -0.15) is 0 Å². The van der Waals surface area contributed by atoms with E-state index in [0.717, 1.165) is 6.42 Å². The average molecular weight is 179 g/mol. The number of carbonyl (C=O) groups excluding carboxylic acids is 1. The summed E-state index contributed by atoms with van der Waals surface area (Å²) in [6.45, 7) is 2.30. The molecule has 0 aliphatic heterocycles. The summed E-state index contributed by atoms with van der Waals surface area (Å²) in [6.07, 6.45) is 5.27. The lowest BCUT2D eigenvalue weighted by atomic mass is 9.99. The molecule has 0 spiro atoms. The van der Waals surface area contributed by atoms with Gasteiger partial charge in [0.2, 0.25) is 0 Å². The Balaban J connectivity index is 2.78. The van der Waals surface area contributed by atoms with Gasteiger partial charge in [-0.05, 0) is 6.42 Å². The van der Waals surface area contributed by atoms with E-state index >= 15 is 0 Å². The number of Topliss-reactive ketones (excluding diaryl/α,β-unsaturated/α-hetero) is 1. The van der Waals surface area contributed by atoms with Crippen molar-refractivity contribution in [1.29, 1.82) is 0 Å². The van der Waals surface area contributed by atoms with Crippen LogP contribution in [0, 0.1) is 5.92 Å². The summed E-state index contributed by atoms with van der Waals surface area (Å²) >= 11 is 0. The number of nitrogens with two attached hydrogens (primary N) is 1. The maximum atomic E-state index is 11.6. The van der Waals surface area contributed by atoms with Crippen molar-refractivity contribution in [3.63, 3.8) is 0 Å². The van der Waals surface area contributed by atoms with Crippen molar-refractivity contribution >= 4 is 5.78 Å². The Bertz CT molecular complexity index is 269. The fraction of sp³-hybridized carbons (Fsp3) is 0.444. The molecule has 13 heavy (non-hydrogen) atoms. The molecule has 1 unspecified atom stereocenters. The predicted octanol–water partition coefficient (Wildman–Crippen LogP) is 0.644. The van der Waals surface area contributed by atoms with Crippen LogP contribution in [0.25, 0.3) is 0 Å². The number of nitrogens with zero attached hydrogens (tertiary/aromatic N) is 2. The molecule has 4 nitrogen and oxygen atoms in total. The third kappa shape index (κ3) is 2.32. The summed E-state index contributed by atoms with van der Waals surface area (Å²) < 4.78 is 0. The Morgan fingerprint density at radius 3 is 2.85 bits per heavy atom. The first-order chi connectivity index (χ1) is 6.29. The molecule has 0 aliphatic carbocycles. The molecule has 2 N–H and O–H groups in total. The Kier molecular flexibility index (Phi) is 3.52. The third-order valence-corrected chi connectivity index (χ3v) is 1.96. The molecule has 4 heteroatoms. The minimum atomic E-state index is -0.128. The molecule has 0 amide bonds. The fourth-order valence-corrected chi connectivity index (χ4v) is 1.09. The lowest BCUT2D eigenvalue weighted by Gasteiger charge is -2.08. The second-order valence-corrected chi connectivity index (χ2v) is 2.80. The number of ketones is 1. The quantitative estimate of drug-likeness (QED) is 0.689. The smallest absolute Gasteiger partial charge is 0.187 e. The van der Waals surface area contributed by atoms with Crippen LogP contribution in [0.15, 0.2) is 18.6 Å². The number of carbonyl (C=O) groups is 1. The maximum Gasteiger partial charge on any atom is 0.187 e. The van der Waals surface area contributed by atoms with Gasteiger partial charge in [0.25, 0.3) is 0 Å². The Morgan fingerprint density at radius 1 is 1.62 bits per heavy atom. The summed E-state index contributed by atoms with van der Waals surface area (Å²) in [6, 6.07) is 0. The van der Waals surface area contributed by atoms with Crippen molar-refractivity contribution in [2.45, 2.75) is 13.3 Å². The van der Waals surface area contributed by atoms with E-state index in [1.165, 1.54) is 12.4 Å². The Hall–Kier alpha value is -1.29. The molecular weight excluding hydrogens is 166 g/mol. The molecule has 0 saturated heterocycles. The second-order valence-electron chi connectivity index (χ2n) is 2.80. The molecule has 0 bridgehead atoms. The van der Waals surface area contributed by atoms with Gasteiger partial charge in [-0.25, -0.2) is 4.98 Å². The fourth-order valence-electron chi connectivity index (χ4n) is 1.09. The summed E-state index contributed by atoms with van der Waals surface area (Å²) in [7, 11) is 0. The zero-order chi connectivity index (χ0) is 9.68. The molecule has 1 heterocycles. The van der Waals surface area contributed by atoms with Crippen molar-refractivity contribution in [3.8, 4) is 0 Å². The molecule has 0 fully saturated rings. The third-order valence-electron chi connectivity index (χ3n) is 1.96. The molecule has 1 aromatic heterocycles. The van der Waals surface area contributed by atoms with Crippen LogP contribution in [-0.4, -0.2) is 22.3 Å². The van der Waals surface area contributed by atoms with E-state index in [9.17, 15) is 4.79 Å². The van der Waals surface area contributed by atoms with Crippen molar-refractivity contribution in [2.75, 3.05) is 6.54 Å². The minimum Gasteiger partial charge on any atom is -0.330 e. The molecule has 0 aliphatic rings. The number of aromatic nitrogens is 2. The van der Waals surface area contributed by atoms with Gasteiger partial charge in [0.15, 0.2) is 5.78 Å². The largest absolute Gasteiger partial charge is 0.330 e. The van der Waals surface area contributed by atoms with E-state index in [2.05, 4.69) is 9.97 Å². The summed E-state index contributed by atoms with van der Waals surface area (Å²) in [5.41, 5.74) is 5.86. The van der Waals surface area contributed by atoms with Gasteiger partial charge in [-0.15, -0.1) is 0 Å². The van der Waals surface area contributed by atoms with E-state index < -0.39 is 0 Å². The average Bonchev–Trinajstić information content (AvgIpc) is 2.21. The van der Waals surface area contributed by atoms with Gasteiger partial charge in [0, 0.05) is 24.9 Å². The first-order valence-corrected chi connectivity index (χ1v) is 4.29. The second kappa shape index (κ2) is 4.67. The molecular formula is C9H13N3O. The van der Waals surface area contributed by atoms with E-state index in [-0.39, 0.29) is 11.7 Å². The van der Waals surface area contributed by atoms with E-state index in [0.29, 0.717) is 12.2 Å². The van der Waals surface area contributed by atoms with Crippen molar-refractivity contribution in [1.82, 2.24) is 9.97 Å². The highest BCUT2D eigenvalue weighted by Crippen LogP contribution is 2.07.